The number of fused-ring (bicyclic) bond motifs is 5. The van der Waals surface area contributed by atoms with E-state index in [1.54, 1.807) is 0 Å². The lowest BCUT2D eigenvalue weighted by Gasteiger charge is -2.30. The molecule has 0 aromatic heterocycles. The Morgan fingerprint density at radius 2 is 1.15 bits per heavy atom. The lowest BCUT2D eigenvalue weighted by atomic mass is 9.88. The van der Waals surface area contributed by atoms with Gasteiger partial charge >= 0.3 is 0 Å². The fraction of sp³-hybridized carbons (Fsp3) is 0.0455. The van der Waals surface area contributed by atoms with Gasteiger partial charge < -0.3 is 9.64 Å². The Hall–Kier alpha value is -5.86. The van der Waals surface area contributed by atoms with Crippen molar-refractivity contribution in [2.45, 2.75) is 12.0 Å². The number of benzene rings is 7. The zero-order chi connectivity index (χ0) is 30.5. The first-order valence-electron chi connectivity index (χ1n) is 15.9. The second-order valence-electron chi connectivity index (χ2n) is 12.1. The summed E-state index contributed by atoms with van der Waals surface area (Å²) in [7, 11) is 0. The summed E-state index contributed by atoms with van der Waals surface area (Å²) in [5, 5.41) is 4.86. The number of hydrogen-bond donors (Lipinski definition) is 0. The number of rotatable bonds is 5. The van der Waals surface area contributed by atoms with Crippen molar-refractivity contribution >= 4 is 38.6 Å². The summed E-state index contributed by atoms with van der Waals surface area (Å²) in [6.45, 7) is 0. The van der Waals surface area contributed by atoms with E-state index in [-0.39, 0.29) is 12.0 Å². The third kappa shape index (κ3) is 4.42. The molecule has 218 valence electrons. The van der Waals surface area contributed by atoms with Crippen molar-refractivity contribution in [2.24, 2.45) is 0 Å². The molecule has 46 heavy (non-hydrogen) atoms. The quantitative estimate of drug-likeness (QED) is 0.198. The van der Waals surface area contributed by atoms with Crippen LogP contribution < -0.4 is 9.64 Å². The molecule has 0 radical (unpaired) electrons. The number of allylic oxidation sites excluding steroid dienone is 2. The van der Waals surface area contributed by atoms with Gasteiger partial charge in [-0.15, -0.1) is 0 Å². The van der Waals surface area contributed by atoms with Crippen LogP contribution in [0.4, 0.5) is 17.1 Å². The first-order chi connectivity index (χ1) is 22.8. The second-order valence-corrected chi connectivity index (χ2v) is 12.1. The van der Waals surface area contributed by atoms with Crippen molar-refractivity contribution in [3.05, 3.63) is 182 Å². The zero-order valence-electron chi connectivity index (χ0n) is 25.3. The molecule has 2 nitrogen and oxygen atoms in total. The van der Waals surface area contributed by atoms with Crippen LogP contribution in [0.2, 0.25) is 0 Å². The van der Waals surface area contributed by atoms with Crippen LogP contribution in [0.25, 0.3) is 43.8 Å². The van der Waals surface area contributed by atoms with E-state index in [1.807, 2.05) is 0 Å². The molecule has 2 aliphatic rings. The zero-order valence-corrected chi connectivity index (χ0v) is 25.3. The average molecular weight is 590 g/mol. The normalized spacial score (nSPS) is 16.3. The van der Waals surface area contributed by atoms with Crippen molar-refractivity contribution < 1.29 is 4.74 Å². The van der Waals surface area contributed by atoms with Crippen LogP contribution in [0.1, 0.15) is 11.5 Å². The van der Waals surface area contributed by atoms with E-state index in [4.69, 9.17) is 4.74 Å². The van der Waals surface area contributed by atoms with Gasteiger partial charge in [-0.1, -0.05) is 133 Å². The molecular formula is C44H31NO. The minimum Gasteiger partial charge on any atom is -0.485 e. The SMILES string of the molecule is C1=CC2c3cc(-c4c(N(c5ccc(-c6ccccc6)cc5)c5cccc6ccccc56)ccc5ccccc45)ccc3O[C@H]2C=C1. The second kappa shape index (κ2) is 10.9. The van der Waals surface area contributed by atoms with Crippen LogP contribution in [0, 0.1) is 0 Å². The lowest BCUT2D eigenvalue weighted by molar-refractivity contribution is 0.269. The van der Waals surface area contributed by atoms with E-state index < -0.39 is 0 Å². The summed E-state index contributed by atoms with van der Waals surface area (Å²) in [5.74, 6) is 1.19. The van der Waals surface area contributed by atoms with Crippen molar-refractivity contribution in [2.75, 3.05) is 4.90 Å². The Bertz CT molecular complexity index is 2290. The average Bonchev–Trinajstić information content (AvgIpc) is 3.50. The molecule has 9 rings (SSSR count). The predicted octanol–water partition coefficient (Wildman–Crippen LogP) is 11.8. The minimum absolute atomic E-state index is 0.0533. The first-order valence-corrected chi connectivity index (χ1v) is 15.9. The van der Waals surface area contributed by atoms with E-state index in [2.05, 4.69) is 181 Å². The molecule has 0 spiro atoms. The molecule has 7 aromatic carbocycles. The Balaban J connectivity index is 1.29. The van der Waals surface area contributed by atoms with Crippen LogP contribution in [0.15, 0.2) is 176 Å². The van der Waals surface area contributed by atoms with Crippen LogP contribution in [0.5, 0.6) is 5.75 Å². The van der Waals surface area contributed by atoms with Crippen LogP contribution in [0.3, 0.4) is 0 Å². The molecular weight excluding hydrogens is 558 g/mol. The van der Waals surface area contributed by atoms with Gasteiger partial charge in [0.1, 0.15) is 11.9 Å². The highest BCUT2D eigenvalue weighted by atomic mass is 16.5. The summed E-state index contributed by atoms with van der Waals surface area (Å²) in [4.78, 5) is 2.44. The molecule has 1 unspecified atom stereocenters. The van der Waals surface area contributed by atoms with Crippen LogP contribution in [-0.4, -0.2) is 6.10 Å². The fourth-order valence-electron chi connectivity index (χ4n) is 7.19. The highest BCUT2D eigenvalue weighted by Gasteiger charge is 2.32. The maximum absolute atomic E-state index is 6.35. The van der Waals surface area contributed by atoms with Gasteiger partial charge in [-0.3, -0.25) is 0 Å². The molecule has 7 aromatic rings. The summed E-state index contributed by atoms with van der Waals surface area (Å²) in [6.07, 6.45) is 8.70. The van der Waals surface area contributed by atoms with Crippen molar-refractivity contribution in [3.8, 4) is 28.0 Å². The van der Waals surface area contributed by atoms with Crippen LogP contribution in [-0.2, 0) is 0 Å². The molecule has 2 heteroatoms. The maximum atomic E-state index is 6.35. The number of nitrogens with zero attached hydrogens (tertiary/aromatic N) is 1. The minimum atomic E-state index is 0.0533. The van der Waals surface area contributed by atoms with Gasteiger partial charge in [0.2, 0.25) is 0 Å². The molecule has 0 amide bonds. The van der Waals surface area contributed by atoms with Crippen molar-refractivity contribution in [1.29, 1.82) is 0 Å². The van der Waals surface area contributed by atoms with Crippen molar-refractivity contribution in [3.63, 3.8) is 0 Å². The van der Waals surface area contributed by atoms with Gasteiger partial charge in [0.05, 0.1) is 11.4 Å². The maximum Gasteiger partial charge on any atom is 0.128 e. The predicted molar refractivity (Wildman–Crippen MR) is 192 cm³/mol. The van der Waals surface area contributed by atoms with Gasteiger partial charge in [-0.2, -0.15) is 0 Å². The third-order valence-corrected chi connectivity index (χ3v) is 9.39. The highest BCUT2D eigenvalue weighted by molar-refractivity contribution is 6.08. The molecule has 0 saturated carbocycles. The summed E-state index contributed by atoms with van der Waals surface area (Å²) in [6, 6.07) is 54.9. The van der Waals surface area contributed by atoms with Gasteiger partial charge in [0.25, 0.3) is 0 Å². The Morgan fingerprint density at radius 1 is 0.478 bits per heavy atom. The monoisotopic (exact) mass is 589 g/mol. The van der Waals surface area contributed by atoms with E-state index in [0.717, 1.165) is 22.8 Å². The first kappa shape index (κ1) is 26.5. The van der Waals surface area contributed by atoms with Crippen molar-refractivity contribution in [1.82, 2.24) is 0 Å². The number of ether oxygens (including phenoxy) is 1. The van der Waals surface area contributed by atoms with Gasteiger partial charge in [-0.05, 0) is 75.3 Å². The molecule has 1 heterocycles. The van der Waals surface area contributed by atoms with E-state index in [0.29, 0.717) is 0 Å². The Kier molecular flexibility index (Phi) is 6.31. The molecule has 2 atom stereocenters. The molecule has 1 aliphatic heterocycles. The molecule has 0 saturated heterocycles. The van der Waals surface area contributed by atoms with Gasteiger partial charge in [0.15, 0.2) is 0 Å². The van der Waals surface area contributed by atoms with Gasteiger partial charge in [0, 0.05) is 28.1 Å². The lowest BCUT2D eigenvalue weighted by Crippen LogP contribution is -2.15. The fourth-order valence-corrected chi connectivity index (χ4v) is 7.19. The Labute approximate surface area is 269 Å². The molecule has 0 bridgehead atoms. The summed E-state index contributed by atoms with van der Waals surface area (Å²) < 4.78 is 6.35. The summed E-state index contributed by atoms with van der Waals surface area (Å²) in [5.41, 5.74) is 9.43. The van der Waals surface area contributed by atoms with Crippen LogP contribution >= 0.6 is 0 Å². The van der Waals surface area contributed by atoms with E-state index >= 15 is 0 Å². The molecule has 0 N–H and O–H groups in total. The largest absolute Gasteiger partial charge is 0.485 e. The van der Waals surface area contributed by atoms with E-state index in [9.17, 15) is 0 Å². The number of anilines is 3. The standard InChI is InChI=1S/C44H31NO/c1-2-11-30(12-3-1)31-21-25-35(26-22-31)45(40-19-10-15-32-13-4-6-16-36(32)40)41-27-23-33-14-5-7-17-37(33)44(41)34-24-28-43-39(29-34)38-18-8-9-20-42(38)46-43/h1-29,38,42H/t38?,42-/m0/s1. The topological polar surface area (TPSA) is 12.5 Å². The smallest absolute Gasteiger partial charge is 0.128 e. The highest BCUT2D eigenvalue weighted by Crippen LogP contribution is 2.49. The van der Waals surface area contributed by atoms with Gasteiger partial charge in [-0.25, -0.2) is 0 Å². The molecule has 0 fully saturated rings. The third-order valence-electron chi connectivity index (χ3n) is 9.39. The molecule has 1 aliphatic carbocycles. The Morgan fingerprint density at radius 3 is 2.00 bits per heavy atom. The summed E-state index contributed by atoms with van der Waals surface area (Å²) >= 11 is 0. The number of hydrogen-bond acceptors (Lipinski definition) is 2. The van der Waals surface area contributed by atoms with E-state index in [1.165, 1.54) is 49.4 Å².